The standard InChI is InChI=1S/C22H19ClN2O3/c1-14(26)25-18-6-10-22(24-13-18)27-19-7-9-21-16(12-19)5-8-20(28-21)15-3-2-4-17(23)11-15/h2-4,6-7,9-13,20H,5,8H2,1H3,(H,25,26). The van der Waals surface area contributed by atoms with E-state index in [1.807, 2.05) is 42.5 Å². The molecule has 2 heterocycles. The van der Waals surface area contributed by atoms with E-state index in [2.05, 4.69) is 10.3 Å². The number of carbonyl (C=O) groups excluding carboxylic acids is 1. The van der Waals surface area contributed by atoms with E-state index >= 15 is 0 Å². The highest BCUT2D eigenvalue weighted by atomic mass is 35.5. The van der Waals surface area contributed by atoms with Gasteiger partial charge in [0.25, 0.3) is 0 Å². The Morgan fingerprint density at radius 1 is 1.21 bits per heavy atom. The molecular formula is C22H19ClN2O3. The van der Waals surface area contributed by atoms with E-state index < -0.39 is 0 Å². The van der Waals surface area contributed by atoms with Gasteiger partial charge in [0.1, 0.15) is 17.6 Å². The van der Waals surface area contributed by atoms with Crippen LogP contribution < -0.4 is 14.8 Å². The molecular weight excluding hydrogens is 376 g/mol. The minimum atomic E-state index is -0.138. The summed E-state index contributed by atoms with van der Waals surface area (Å²) < 4.78 is 12.0. The molecule has 28 heavy (non-hydrogen) atoms. The Bertz CT molecular complexity index is 1000. The number of amides is 1. The van der Waals surface area contributed by atoms with Gasteiger partial charge in [0.15, 0.2) is 0 Å². The highest BCUT2D eigenvalue weighted by Crippen LogP contribution is 2.37. The Hall–Kier alpha value is -3.05. The van der Waals surface area contributed by atoms with E-state index in [9.17, 15) is 4.79 Å². The zero-order valence-corrected chi connectivity index (χ0v) is 16.1. The van der Waals surface area contributed by atoms with Crippen LogP contribution in [0.1, 0.15) is 30.6 Å². The van der Waals surface area contributed by atoms with Crippen molar-refractivity contribution >= 4 is 23.2 Å². The number of benzene rings is 2. The van der Waals surface area contributed by atoms with Crippen molar-refractivity contribution in [1.29, 1.82) is 0 Å². The van der Waals surface area contributed by atoms with Crippen LogP contribution in [0.15, 0.2) is 60.8 Å². The van der Waals surface area contributed by atoms with Gasteiger partial charge in [-0.25, -0.2) is 4.98 Å². The number of aryl methyl sites for hydroxylation is 1. The maximum absolute atomic E-state index is 11.1. The molecule has 6 heteroatoms. The second kappa shape index (κ2) is 7.90. The SMILES string of the molecule is CC(=O)Nc1ccc(Oc2ccc3c(c2)CCC(c2cccc(Cl)c2)O3)nc1. The van der Waals surface area contributed by atoms with Crippen molar-refractivity contribution in [2.24, 2.45) is 0 Å². The first-order valence-corrected chi connectivity index (χ1v) is 9.41. The fourth-order valence-electron chi connectivity index (χ4n) is 3.21. The molecule has 0 bridgehead atoms. The van der Waals surface area contributed by atoms with E-state index in [0.717, 1.165) is 29.7 Å². The molecule has 1 aliphatic heterocycles. The average molecular weight is 395 g/mol. The number of halogens is 1. The summed E-state index contributed by atoms with van der Waals surface area (Å²) in [5, 5.41) is 3.39. The molecule has 142 valence electrons. The third-order valence-electron chi connectivity index (χ3n) is 4.48. The highest BCUT2D eigenvalue weighted by Gasteiger charge is 2.22. The van der Waals surface area contributed by atoms with Gasteiger partial charge in [-0.1, -0.05) is 23.7 Å². The predicted octanol–water partition coefficient (Wildman–Crippen LogP) is 5.55. The molecule has 5 nitrogen and oxygen atoms in total. The molecule has 0 saturated heterocycles. The summed E-state index contributed by atoms with van der Waals surface area (Å²) in [5.41, 5.74) is 2.82. The van der Waals surface area contributed by atoms with Crippen LogP contribution in [0.25, 0.3) is 0 Å². The number of carbonyl (C=O) groups is 1. The van der Waals surface area contributed by atoms with Gasteiger partial charge in [0.05, 0.1) is 11.9 Å². The van der Waals surface area contributed by atoms with E-state index in [-0.39, 0.29) is 12.0 Å². The molecule has 3 aromatic rings. The largest absolute Gasteiger partial charge is 0.485 e. The number of hydrogen-bond acceptors (Lipinski definition) is 4. The number of ether oxygens (including phenoxy) is 2. The monoisotopic (exact) mass is 394 g/mol. The first kappa shape index (κ1) is 18.3. The van der Waals surface area contributed by atoms with Gasteiger partial charge >= 0.3 is 0 Å². The lowest BCUT2D eigenvalue weighted by Gasteiger charge is -2.27. The molecule has 1 aromatic heterocycles. The predicted molar refractivity (Wildman–Crippen MR) is 108 cm³/mol. The van der Waals surface area contributed by atoms with Crippen LogP contribution in [0.5, 0.6) is 17.4 Å². The highest BCUT2D eigenvalue weighted by molar-refractivity contribution is 6.30. The Morgan fingerprint density at radius 2 is 2.11 bits per heavy atom. The number of nitrogens with one attached hydrogen (secondary N) is 1. The van der Waals surface area contributed by atoms with E-state index in [1.54, 1.807) is 18.3 Å². The number of rotatable bonds is 4. The summed E-state index contributed by atoms with van der Waals surface area (Å²) in [5.74, 6) is 1.88. The Balaban J connectivity index is 1.46. The number of anilines is 1. The van der Waals surface area contributed by atoms with Crippen LogP contribution in [-0.2, 0) is 11.2 Å². The van der Waals surface area contributed by atoms with Crippen molar-refractivity contribution in [3.05, 3.63) is 76.9 Å². The number of hydrogen-bond donors (Lipinski definition) is 1. The first-order valence-electron chi connectivity index (χ1n) is 9.03. The molecule has 1 N–H and O–H groups in total. The molecule has 4 rings (SSSR count). The minimum absolute atomic E-state index is 0.000885. The molecule has 0 aliphatic carbocycles. The van der Waals surface area contributed by atoms with Gasteiger partial charge in [-0.2, -0.15) is 0 Å². The first-order chi connectivity index (χ1) is 13.6. The zero-order chi connectivity index (χ0) is 19.5. The maximum atomic E-state index is 11.1. The van der Waals surface area contributed by atoms with Gasteiger partial charge < -0.3 is 14.8 Å². The third kappa shape index (κ3) is 4.26. The van der Waals surface area contributed by atoms with E-state index in [0.29, 0.717) is 22.3 Å². The Labute approximate surface area is 168 Å². The summed E-state index contributed by atoms with van der Waals surface area (Å²) in [6, 6.07) is 17.0. The zero-order valence-electron chi connectivity index (χ0n) is 15.3. The molecule has 0 fully saturated rings. The second-order valence-electron chi connectivity index (χ2n) is 6.64. The van der Waals surface area contributed by atoms with Gasteiger partial charge in [-0.05, 0) is 60.4 Å². The van der Waals surface area contributed by atoms with Crippen molar-refractivity contribution in [3.8, 4) is 17.4 Å². The van der Waals surface area contributed by atoms with Gasteiger partial charge in [0, 0.05) is 18.0 Å². The van der Waals surface area contributed by atoms with Crippen LogP contribution in [0, 0.1) is 0 Å². The molecule has 2 aromatic carbocycles. The normalized spacial score (nSPS) is 15.3. The van der Waals surface area contributed by atoms with Crippen molar-refractivity contribution in [3.63, 3.8) is 0 Å². The van der Waals surface area contributed by atoms with Crippen molar-refractivity contribution in [1.82, 2.24) is 4.98 Å². The number of nitrogens with zero attached hydrogens (tertiary/aromatic N) is 1. The number of fused-ring (bicyclic) bond motifs is 1. The summed E-state index contributed by atoms with van der Waals surface area (Å²) >= 11 is 6.10. The maximum Gasteiger partial charge on any atom is 0.221 e. The second-order valence-corrected chi connectivity index (χ2v) is 7.07. The molecule has 1 aliphatic rings. The quantitative estimate of drug-likeness (QED) is 0.630. The average Bonchev–Trinajstić information content (AvgIpc) is 2.69. The van der Waals surface area contributed by atoms with Crippen molar-refractivity contribution in [2.75, 3.05) is 5.32 Å². The van der Waals surface area contributed by atoms with Gasteiger partial charge in [-0.15, -0.1) is 0 Å². The van der Waals surface area contributed by atoms with Crippen LogP contribution >= 0.6 is 11.6 Å². The molecule has 0 spiro atoms. The van der Waals surface area contributed by atoms with Crippen LogP contribution in [0.3, 0.4) is 0 Å². The van der Waals surface area contributed by atoms with Crippen molar-refractivity contribution < 1.29 is 14.3 Å². The van der Waals surface area contributed by atoms with E-state index in [1.165, 1.54) is 6.92 Å². The van der Waals surface area contributed by atoms with Crippen molar-refractivity contribution in [2.45, 2.75) is 25.9 Å². The molecule has 1 amide bonds. The lowest BCUT2D eigenvalue weighted by atomic mass is 9.97. The van der Waals surface area contributed by atoms with Crippen LogP contribution in [-0.4, -0.2) is 10.9 Å². The Morgan fingerprint density at radius 3 is 2.86 bits per heavy atom. The number of pyridine rings is 1. The topological polar surface area (TPSA) is 60.5 Å². The lowest BCUT2D eigenvalue weighted by Crippen LogP contribution is -2.15. The Kier molecular flexibility index (Phi) is 5.17. The third-order valence-corrected chi connectivity index (χ3v) is 4.71. The molecule has 1 atom stereocenters. The van der Waals surface area contributed by atoms with Gasteiger partial charge in [-0.3, -0.25) is 4.79 Å². The molecule has 0 radical (unpaired) electrons. The van der Waals surface area contributed by atoms with Crippen LogP contribution in [0.4, 0.5) is 5.69 Å². The summed E-state index contributed by atoms with van der Waals surface area (Å²) in [6.45, 7) is 1.45. The molecule has 1 unspecified atom stereocenters. The fraction of sp³-hybridized carbons (Fsp3) is 0.182. The van der Waals surface area contributed by atoms with Gasteiger partial charge in [0.2, 0.25) is 11.8 Å². The summed E-state index contributed by atoms with van der Waals surface area (Å²) in [7, 11) is 0. The fourth-order valence-corrected chi connectivity index (χ4v) is 3.41. The smallest absolute Gasteiger partial charge is 0.221 e. The molecule has 0 saturated carbocycles. The van der Waals surface area contributed by atoms with Crippen LogP contribution in [0.2, 0.25) is 5.02 Å². The summed E-state index contributed by atoms with van der Waals surface area (Å²) in [4.78, 5) is 15.3. The number of aromatic nitrogens is 1. The minimum Gasteiger partial charge on any atom is -0.485 e. The van der Waals surface area contributed by atoms with E-state index in [4.69, 9.17) is 21.1 Å². The summed E-state index contributed by atoms with van der Waals surface area (Å²) in [6.07, 6.45) is 3.33. The lowest BCUT2D eigenvalue weighted by molar-refractivity contribution is -0.114.